The summed E-state index contributed by atoms with van der Waals surface area (Å²) in [7, 11) is -2.73. The third kappa shape index (κ3) is 5.42. The van der Waals surface area contributed by atoms with Gasteiger partial charge in [0.15, 0.2) is 8.07 Å². The maximum Gasteiger partial charge on any atom is 0.247 e. The van der Waals surface area contributed by atoms with Crippen molar-refractivity contribution in [3.63, 3.8) is 0 Å². The van der Waals surface area contributed by atoms with E-state index in [9.17, 15) is 0 Å². The van der Waals surface area contributed by atoms with Crippen LogP contribution in [0.1, 0.15) is 0 Å². The van der Waals surface area contributed by atoms with Gasteiger partial charge in [-0.2, -0.15) is 0 Å². The molecule has 0 saturated heterocycles. The Kier molecular flexibility index (Phi) is 8.22. The van der Waals surface area contributed by atoms with Crippen LogP contribution in [0.15, 0.2) is 238 Å². The molecule has 3 heterocycles. The normalized spacial score (nSPS) is 14.0. The number of rotatable bonds is 5. The van der Waals surface area contributed by atoms with E-state index in [-0.39, 0.29) is 6.71 Å². The van der Waals surface area contributed by atoms with Crippen molar-refractivity contribution in [2.45, 2.75) is 19.6 Å². The summed E-state index contributed by atoms with van der Waals surface area (Å²) in [5, 5.41) is 5.63. The van der Waals surface area contributed by atoms with E-state index in [4.69, 9.17) is 0 Å². The van der Waals surface area contributed by atoms with Gasteiger partial charge in [0.2, 0.25) is 6.71 Å². The molecule has 0 saturated carbocycles. The minimum atomic E-state index is -2.73. The van der Waals surface area contributed by atoms with Crippen molar-refractivity contribution in [2.75, 3.05) is 4.90 Å². The van der Waals surface area contributed by atoms with Gasteiger partial charge in [0.25, 0.3) is 0 Å². The molecule has 5 heteroatoms. The summed E-state index contributed by atoms with van der Waals surface area (Å²) in [4.78, 5) is 7.90. The predicted molar refractivity (Wildman–Crippen MR) is 255 cm³/mol. The van der Waals surface area contributed by atoms with Gasteiger partial charge in [-0.05, 0) is 84.9 Å². The standard InChI is InChI=1S/C54H36BNS2Si/c1-5-17-37(18-6-1)39-29-31-44-48(33-39)57-50-35-41(36-51-54(50)55(44)45-32-30-40(34-49(45)58-51)38-19-7-2-8-20-38)56-46-25-13-15-27-52(46)59(42-21-9-3-10-22-42,43-23-11-4-12-24-43)53-28-16-14-26-47(53)56/h1-36H. The highest BCUT2D eigenvalue weighted by atomic mass is 32.2. The highest BCUT2D eigenvalue weighted by Crippen LogP contribution is 2.46. The Bertz CT molecular complexity index is 2860. The molecule has 0 N–H and O–H groups in total. The minimum absolute atomic E-state index is 0.147. The van der Waals surface area contributed by atoms with E-state index in [2.05, 4.69) is 223 Å². The smallest absolute Gasteiger partial charge is 0.247 e. The topological polar surface area (TPSA) is 3.24 Å². The molecule has 9 aromatic carbocycles. The number of anilines is 3. The molecule has 12 rings (SSSR count). The van der Waals surface area contributed by atoms with Crippen molar-refractivity contribution < 1.29 is 0 Å². The fraction of sp³-hybridized carbons (Fsp3) is 0. The Balaban J connectivity index is 1.09. The Morgan fingerprint density at radius 1 is 0.356 bits per heavy atom. The van der Waals surface area contributed by atoms with E-state index in [1.807, 2.05) is 23.5 Å². The zero-order valence-electron chi connectivity index (χ0n) is 32.1. The molecule has 59 heavy (non-hydrogen) atoms. The summed E-state index contributed by atoms with van der Waals surface area (Å²) in [5.74, 6) is 0. The van der Waals surface area contributed by atoms with Crippen LogP contribution in [0.2, 0.25) is 0 Å². The van der Waals surface area contributed by atoms with Crippen LogP contribution in [0.25, 0.3) is 22.3 Å². The number of hydrogen-bond acceptors (Lipinski definition) is 3. The Labute approximate surface area is 355 Å². The maximum atomic E-state index is 2.57. The average Bonchev–Trinajstić information content (AvgIpc) is 3.31. The second kappa shape index (κ2) is 14.0. The summed E-state index contributed by atoms with van der Waals surface area (Å²) in [5.41, 5.74) is 12.9. The average molecular weight is 802 g/mol. The molecule has 9 aromatic rings. The van der Waals surface area contributed by atoms with Gasteiger partial charge in [0, 0.05) is 36.6 Å². The van der Waals surface area contributed by atoms with Gasteiger partial charge in [0.05, 0.1) is 0 Å². The summed E-state index contributed by atoms with van der Waals surface area (Å²) in [6, 6.07) is 82.0. The largest absolute Gasteiger partial charge is 0.311 e. The van der Waals surface area contributed by atoms with Crippen LogP contribution < -0.4 is 42.0 Å². The van der Waals surface area contributed by atoms with Crippen LogP contribution in [0.5, 0.6) is 0 Å². The first-order valence-corrected chi connectivity index (χ1v) is 23.9. The molecule has 0 radical (unpaired) electrons. The molecule has 0 bridgehead atoms. The summed E-state index contributed by atoms with van der Waals surface area (Å²) in [6.07, 6.45) is 0. The highest BCUT2D eigenvalue weighted by Gasteiger charge is 2.49. The monoisotopic (exact) mass is 801 g/mol. The third-order valence-corrected chi connectivity index (χ3v) is 19.6. The van der Waals surface area contributed by atoms with E-state index in [1.54, 1.807) is 0 Å². The van der Waals surface area contributed by atoms with Gasteiger partial charge in [0.1, 0.15) is 0 Å². The van der Waals surface area contributed by atoms with Crippen LogP contribution in [0, 0.1) is 0 Å². The second-order valence-corrected chi connectivity index (χ2v) is 21.5. The number of hydrogen-bond donors (Lipinski definition) is 0. The Morgan fingerprint density at radius 3 is 1.22 bits per heavy atom. The molecule has 3 aliphatic rings. The zero-order chi connectivity index (χ0) is 38.9. The quantitative estimate of drug-likeness (QED) is 0.160. The van der Waals surface area contributed by atoms with Crippen molar-refractivity contribution in [1.29, 1.82) is 0 Å². The SMILES string of the molecule is c1ccc(-c2ccc3c(c2)Sc2cc(N4c5ccccc5[Si](c5ccccc5)(c5ccccc5)c5ccccc54)cc4c2B3c2ccc(-c3ccccc3)cc2S4)cc1. The Morgan fingerprint density at radius 2 is 0.763 bits per heavy atom. The molecule has 3 aliphatic heterocycles. The first-order chi connectivity index (χ1) is 29.3. The number of fused-ring (bicyclic) bond motifs is 6. The van der Waals surface area contributed by atoms with E-state index in [0.717, 1.165) is 0 Å². The lowest BCUT2D eigenvalue weighted by Gasteiger charge is -2.45. The van der Waals surface area contributed by atoms with Crippen LogP contribution in [0.3, 0.4) is 0 Å². The molecule has 0 atom stereocenters. The van der Waals surface area contributed by atoms with Crippen molar-refractivity contribution in [1.82, 2.24) is 0 Å². The first kappa shape index (κ1) is 34.8. The molecule has 0 unspecified atom stereocenters. The maximum absolute atomic E-state index is 2.73. The van der Waals surface area contributed by atoms with Crippen molar-refractivity contribution >= 4 is 92.5 Å². The molecule has 0 aliphatic carbocycles. The molecule has 0 amide bonds. The molecular formula is C54H36BNS2Si. The van der Waals surface area contributed by atoms with Crippen LogP contribution >= 0.6 is 23.5 Å². The summed E-state index contributed by atoms with van der Waals surface area (Å²) in [6.45, 7) is 0.147. The molecule has 1 nitrogen and oxygen atoms in total. The molecule has 0 aromatic heterocycles. The van der Waals surface area contributed by atoms with E-state index < -0.39 is 8.07 Å². The van der Waals surface area contributed by atoms with Gasteiger partial charge in [-0.1, -0.05) is 216 Å². The van der Waals surface area contributed by atoms with E-state index in [1.165, 1.54) is 96.0 Å². The van der Waals surface area contributed by atoms with Crippen LogP contribution in [0.4, 0.5) is 17.1 Å². The fourth-order valence-electron chi connectivity index (χ4n) is 9.92. The summed E-state index contributed by atoms with van der Waals surface area (Å²) >= 11 is 3.87. The lowest BCUT2D eigenvalue weighted by atomic mass is 9.36. The highest BCUT2D eigenvalue weighted by molar-refractivity contribution is 8.01. The minimum Gasteiger partial charge on any atom is -0.311 e. The molecule has 0 spiro atoms. The van der Waals surface area contributed by atoms with Crippen LogP contribution in [-0.4, -0.2) is 14.8 Å². The van der Waals surface area contributed by atoms with E-state index in [0.29, 0.717) is 0 Å². The lowest BCUT2D eigenvalue weighted by molar-refractivity contribution is 1.24. The van der Waals surface area contributed by atoms with Gasteiger partial charge >= 0.3 is 0 Å². The number of benzene rings is 9. The zero-order valence-corrected chi connectivity index (χ0v) is 34.8. The van der Waals surface area contributed by atoms with E-state index >= 15 is 0 Å². The Hall–Kier alpha value is -6.24. The van der Waals surface area contributed by atoms with Gasteiger partial charge < -0.3 is 4.90 Å². The third-order valence-electron chi connectivity index (χ3n) is 12.5. The van der Waals surface area contributed by atoms with Crippen LogP contribution in [-0.2, 0) is 0 Å². The second-order valence-electron chi connectivity index (χ2n) is 15.6. The van der Waals surface area contributed by atoms with Gasteiger partial charge in [-0.3, -0.25) is 0 Å². The van der Waals surface area contributed by atoms with Gasteiger partial charge in [-0.15, -0.1) is 0 Å². The predicted octanol–water partition coefficient (Wildman–Crippen LogP) is 9.63. The molecule has 276 valence electrons. The molecular weight excluding hydrogens is 766 g/mol. The number of para-hydroxylation sites is 2. The summed E-state index contributed by atoms with van der Waals surface area (Å²) < 4.78 is 0. The molecule has 0 fully saturated rings. The number of nitrogens with zero attached hydrogens (tertiary/aromatic N) is 1. The van der Waals surface area contributed by atoms with Crippen molar-refractivity contribution in [3.05, 3.63) is 218 Å². The lowest BCUT2D eigenvalue weighted by Crippen LogP contribution is -2.77. The van der Waals surface area contributed by atoms with Crippen molar-refractivity contribution in [3.8, 4) is 22.3 Å². The fourth-order valence-corrected chi connectivity index (χ4v) is 17.6. The van der Waals surface area contributed by atoms with Crippen molar-refractivity contribution in [2.24, 2.45) is 0 Å². The van der Waals surface area contributed by atoms with Gasteiger partial charge in [-0.25, -0.2) is 0 Å². The first-order valence-electron chi connectivity index (χ1n) is 20.3.